The summed E-state index contributed by atoms with van der Waals surface area (Å²) in [5, 5.41) is 3.04. The van der Waals surface area contributed by atoms with Crippen LogP contribution in [0.25, 0.3) is 0 Å². The summed E-state index contributed by atoms with van der Waals surface area (Å²) in [5.74, 6) is -0.313. The van der Waals surface area contributed by atoms with Gasteiger partial charge in [0.2, 0.25) is 15.9 Å². The number of carbonyl (C=O) groups excluding carboxylic acids is 1. The fourth-order valence-electron chi connectivity index (χ4n) is 4.21. The fraction of sp³-hybridized carbons (Fsp3) is 0.458. The molecule has 1 N–H and O–H groups in total. The van der Waals surface area contributed by atoms with Crippen LogP contribution in [-0.2, 0) is 31.4 Å². The quantitative estimate of drug-likeness (QED) is 0.678. The maximum atomic E-state index is 13.1. The topological polar surface area (TPSA) is 75.7 Å². The van der Waals surface area contributed by atoms with Crippen LogP contribution in [0.3, 0.4) is 0 Å². The van der Waals surface area contributed by atoms with Crippen molar-refractivity contribution < 1.29 is 17.9 Å². The Kier molecular flexibility index (Phi) is 7.38. The van der Waals surface area contributed by atoms with Crippen LogP contribution >= 0.6 is 0 Å². The number of benzene rings is 2. The first-order chi connectivity index (χ1) is 14.8. The fourth-order valence-corrected chi connectivity index (χ4v) is 5.39. The van der Waals surface area contributed by atoms with Crippen LogP contribution < -0.4 is 9.62 Å². The summed E-state index contributed by atoms with van der Waals surface area (Å²) in [4.78, 5) is 13.1. The highest BCUT2D eigenvalue weighted by Crippen LogP contribution is 2.34. The molecule has 1 aliphatic heterocycles. The summed E-state index contributed by atoms with van der Waals surface area (Å²) in [6.45, 7) is 5.39. The molecule has 0 radical (unpaired) electrons. The second-order valence-electron chi connectivity index (χ2n) is 8.23. The normalized spacial score (nSPS) is 17.0. The minimum Gasteiger partial charge on any atom is -0.381 e. The Morgan fingerprint density at radius 3 is 2.26 bits per heavy atom. The molecule has 1 amide bonds. The molecular formula is C24H32N2O4S. The summed E-state index contributed by atoms with van der Waals surface area (Å²) in [6, 6.07) is 16.6. The highest BCUT2D eigenvalue weighted by molar-refractivity contribution is 7.92. The van der Waals surface area contributed by atoms with Gasteiger partial charge >= 0.3 is 0 Å². The van der Waals surface area contributed by atoms with E-state index in [0.29, 0.717) is 25.4 Å². The van der Waals surface area contributed by atoms with Crippen molar-refractivity contribution in [1.29, 1.82) is 0 Å². The molecule has 0 aromatic heterocycles. The van der Waals surface area contributed by atoms with Gasteiger partial charge in [0, 0.05) is 25.2 Å². The number of ether oxygens (including phenoxy) is 1. The third-order valence-electron chi connectivity index (χ3n) is 6.12. The minimum absolute atomic E-state index is 0.215. The molecule has 1 saturated heterocycles. The van der Waals surface area contributed by atoms with Crippen molar-refractivity contribution >= 4 is 21.6 Å². The highest BCUT2D eigenvalue weighted by atomic mass is 32.2. The number of amides is 1. The van der Waals surface area contributed by atoms with Crippen LogP contribution in [0.15, 0.2) is 54.6 Å². The van der Waals surface area contributed by atoms with E-state index >= 15 is 0 Å². The highest BCUT2D eigenvalue weighted by Gasteiger charge is 2.36. The summed E-state index contributed by atoms with van der Waals surface area (Å²) < 4.78 is 31.9. The number of hydrogen-bond donors (Lipinski definition) is 1. The van der Waals surface area contributed by atoms with Crippen molar-refractivity contribution in [3.05, 3.63) is 65.7 Å². The number of sulfonamides is 1. The third-order valence-corrected chi connectivity index (χ3v) is 7.37. The van der Waals surface area contributed by atoms with Gasteiger partial charge in [0.1, 0.15) is 6.04 Å². The van der Waals surface area contributed by atoms with Gasteiger partial charge in [-0.15, -0.1) is 0 Å². The molecule has 3 rings (SSSR count). The summed E-state index contributed by atoms with van der Waals surface area (Å²) in [6.07, 6.45) is 3.61. The lowest BCUT2D eigenvalue weighted by molar-refractivity contribution is -0.122. The van der Waals surface area contributed by atoms with Crippen LogP contribution in [0.2, 0.25) is 0 Å². The number of rotatable bonds is 8. The summed E-state index contributed by atoms with van der Waals surface area (Å²) in [5.41, 5.74) is 2.55. The van der Waals surface area contributed by atoms with Gasteiger partial charge in [-0.2, -0.15) is 0 Å². The first-order valence-electron chi connectivity index (χ1n) is 10.8. The molecule has 168 valence electrons. The Bertz CT molecular complexity index is 968. The Morgan fingerprint density at radius 2 is 1.71 bits per heavy atom. The third kappa shape index (κ3) is 5.46. The number of carbonyl (C=O) groups is 1. The number of nitrogens with zero attached hydrogens (tertiary/aromatic N) is 1. The zero-order valence-electron chi connectivity index (χ0n) is 18.5. The zero-order chi connectivity index (χ0) is 22.5. The zero-order valence-corrected chi connectivity index (χ0v) is 19.3. The van der Waals surface area contributed by atoms with Crippen molar-refractivity contribution in [1.82, 2.24) is 5.32 Å². The molecule has 1 fully saturated rings. The Morgan fingerprint density at radius 1 is 1.10 bits per heavy atom. The van der Waals surface area contributed by atoms with Gasteiger partial charge in [-0.1, -0.05) is 49.4 Å². The van der Waals surface area contributed by atoms with Crippen LogP contribution in [-0.4, -0.2) is 46.4 Å². The molecule has 0 bridgehead atoms. The monoisotopic (exact) mass is 444 g/mol. The van der Waals surface area contributed by atoms with E-state index < -0.39 is 16.1 Å². The van der Waals surface area contributed by atoms with Gasteiger partial charge in [0.05, 0.1) is 11.9 Å². The van der Waals surface area contributed by atoms with E-state index in [1.165, 1.54) is 9.87 Å². The van der Waals surface area contributed by atoms with Gasteiger partial charge < -0.3 is 10.1 Å². The molecule has 2 aromatic rings. The standard InChI is InChI=1S/C24H32N2O4S/c1-4-20-10-12-22(13-11-20)26(31(3,28)29)19(2)23(27)25-18-24(14-16-30-17-15-24)21-8-6-5-7-9-21/h5-13,19H,4,14-18H2,1-3H3,(H,25,27)/t19-/m1/s1. The van der Waals surface area contributed by atoms with Crippen molar-refractivity contribution in [2.75, 3.05) is 30.3 Å². The Labute approximate surface area is 185 Å². The van der Waals surface area contributed by atoms with Crippen molar-refractivity contribution in [2.45, 2.75) is 44.6 Å². The first kappa shape index (κ1) is 23.3. The lowest BCUT2D eigenvalue weighted by atomic mass is 9.74. The predicted molar refractivity (Wildman–Crippen MR) is 124 cm³/mol. The Balaban J connectivity index is 1.79. The maximum Gasteiger partial charge on any atom is 0.243 e. The number of nitrogens with one attached hydrogen (secondary N) is 1. The minimum atomic E-state index is -3.64. The van der Waals surface area contributed by atoms with Gasteiger partial charge in [-0.25, -0.2) is 8.42 Å². The van der Waals surface area contributed by atoms with Gasteiger partial charge in [0.25, 0.3) is 0 Å². The predicted octanol–water partition coefficient (Wildman–Crippen LogP) is 3.27. The summed E-state index contributed by atoms with van der Waals surface area (Å²) >= 11 is 0. The van der Waals surface area contributed by atoms with E-state index in [1.54, 1.807) is 19.1 Å². The second-order valence-corrected chi connectivity index (χ2v) is 10.1. The average molecular weight is 445 g/mol. The number of aryl methyl sites for hydroxylation is 1. The van der Waals surface area contributed by atoms with Crippen molar-refractivity contribution in [3.8, 4) is 0 Å². The van der Waals surface area contributed by atoms with Crippen LogP contribution in [0.1, 0.15) is 37.8 Å². The van der Waals surface area contributed by atoms with Crippen LogP contribution in [0, 0.1) is 0 Å². The van der Waals surface area contributed by atoms with E-state index in [-0.39, 0.29) is 11.3 Å². The molecule has 31 heavy (non-hydrogen) atoms. The average Bonchev–Trinajstić information content (AvgIpc) is 2.78. The number of hydrogen-bond acceptors (Lipinski definition) is 4. The molecule has 0 aliphatic carbocycles. The molecule has 1 heterocycles. The molecule has 6 nitrogen and oxygen atoms in total. The maximum absolute atomic E-state index is 13.1. The largest absolute Gasteiger partial charge is 0.381 e. The molecule has 7 heteroatoms. The van der Waals surface area contributed by atoms with Crippen molar-refractivity contribution in [2.24, 2.45) is 0 Å². The smallest absolute Gasteiger partial charge is 0.243 e. The second kappa shape index (κ2) is 9.83. The summed E-state index contributed by atoms with van der Waals surface area (Å²) in [7, 11) is -3.64. The van der Waals surface area contributed by atoms with Crippen LogP contribution in [0.4, 0.5) is 5.69 Å². The molecule has 0 spiro atoms. The van der Waals surface area contributed by atoms with E-state index in [4.69, 9.17) is 4.74 Å². The van der Waals surface area contributed by atoms with Gasteiger partial charge in [0.15, 0.2) is 0 Å². The van der Waals surface area contributed by atoms with E-state index in [2.05, 4.69) is 17.4 Å². The van der Waals surface area contributed by atoms with E-state index in [9.17, 15) is 13.2 Å². The Hall–Kier alpha value is -2.38. The van der Waals surface area contributed by atoms with E-state index in [1.807, 2.05) is 37.3 Å². The first-order valence-corrected chi connectivity index (χ1v) is 12.6. The molecular weight excluding hydrogens is 412 g/mol. The molecule has 0 unspecified atom stereocenters. The van der Waals surface area contributed by atoms with E-state index in [0.717, 1.165) is 31.1 Å². The lowest BCUT2D eigenvalue weighted by Gasteiger charge is -2.38. The van der Waals surface area contributed by atoms with Crippen molar-refractivity contribution in [3.63, 3.8) is 0 Å². The SMILES string of the molecule is CCc1ccc(N([C@H](C)C(=O)NCC2(c3ccccc3)CCOCC2)S(C)(=O)=O)cc1. The van der Waals surface area contributed by atoms with Gasteiger partial charge in [-0.3, -0.25) is 9.10 Å². The molecule has 2 aromatic carbocycles. The number of anilines is 1. The van der Waals surface area contributed by atoms with Gasteiger partial charge in [-0.05, 0) is 49.4 Å². The van der Waals surface area contributed by atoms with Crippen LogP contribution in [0.5, 0.6) is 0 Å². The molecule has 0 saturated carbocycles. The molecule has 1 aliphatic rings. The lowest BCUT2D eigenvalue weighted by Crippen LogP contribution is -2.51. The molecule has 1 atom stereocenters.